The van der Waals surface area contributed by atoms with Gasteiger partial charge in [0.1, 0.15) is 0 Å². The molecule has 0 aromatic heterocycles. The Labute approximate surface area is 91.6 Å². The zero-order valence-electron chi connectivity index (χ0n) is 9.71. The topological polar surface area (TPSA) is 38.3 Å². The van der Waals surface area contributed by atoms with Crippen molar-refractivity contribution >= 4 is 5.97 Å². The monoisotopic (exact) mass is 211 g/mol. The van der Waals surface area contributed by atoms with Crippen LogP contribution < -0.4 is 5.32 Å². The summed E-state index contributed by atoms with van der Waals surface area (Å²) in [7, 11) is 1.50. The minimum atomic E-state index is -0.0189. The van der Waals surface area contributed by atoms with Crippen LogP contribution in [0, 0.1) is 17.3 Å². The van der Waals surface area contributed by atoms with Crippen LogP contribution in [0.1, 0.15) is 32.6 Å². The molecule has 3 heteroatoms. The van der Waals surface area contributed by atoms with Crippen LogP contribution in [-0.2, 0) is 9.53 Å². The van der Waals surface area contributed by atoms with Crippen molar-refractivity contribution in [3.8, 4) is 0 Å². The van der Waals surface area contributed by atoms with E-state index in [4.69, 9.17) is 4.74 Å². The lowest BCUT2D eigenvalue weighted by Crippen LogP contribution is -2.38. The number of carbonyl (C=O) groups excluding carboxylic acids is 1. The Kier molecular flexibility index (Phi) is 3.01. The third kappa shape index (κ3) is 1.89. The molecule has 0 amide bonds. The number of hydrogen-bond donors (Lipinski definition) is 1. The molecule has 1 unspecified atom stereocenters. The lowest BCUT2D eigenvalue weighted by atomic mass is 9.65. The number of hydrogen-bond acceptors (Lipinski definition) is 3. The zero-order chi connectivity index (χ0) is 10.9. The molecule has 1 atom stereocenters. The maximum atomic E-state index is 11.7. The SMILES string of the molecule is COC(=O)C1CNCC12CCC(C)CC2. The first kappa shape index (κ1) is 10.9. The highest BCUT2D eigenvalue weighted by molar-refractivity contribution is 5.74. The Morgan fingerprint density at radius 3 is 2.67 bits per heavy atom. The third-order valence-electron chi connectivity index (χ3n) is 4.32. The number of carbonyl (C=O) groups is 1. The highest BCUT2D eigenvalue weighted by atomic mass is 16.5. The molecule has 0 radical (unpaired) electrons. The van der Waals surface area contributed by atoms with Crippen molar-refractivity contribution < 1.29 is 9.53 Å². The summed E-state index contributed by atoms with van der Waals surface area (Å²) in [5.74, 6) is 0.902. The highest BCUT2D eigenvalue weighted by Gasteiger charge is 2.48. The zero-order valence-corrected chi connectivity index (χ0v) is 9.71. The standard InChI is InChI=1S/C12H21NO2/c1-9-3-5-12(6-4-9)8-13-7-10(12)11(14)15-2/h9-10,13H,3-8H2,1-2H3. The van der Waals surface area contributed by atoms with Gasteiger partial charge in [0.2, 0.25) is 0 Å². The van der Waals surface area contributed by atoms with Gasteiger partial charge in [-0.3, -0.25) is 4.79 Å². The van der Waals surface area contributed by atoms with Gasteiger partial charge in [-0.15, -0.1) is 0 Å². The van der Waals surface area contributed by atoms with Crippen LogP contribution in [0.15, 0.2) is 0 Å². The molecule has 3 nitrogen and oxygen atoms in total. The molecule has 0 aromatic carbocycles. The van der Waals surface area contributed by atoms with Gasteiger partial charge in [-0.05, 0) is 24.2 Å². The van der Waals surface area contributed by atoms with Crippen molar-refractivity contribution in [3.63, 3.8) is 0 Å². The van der Waals surface area contributed by atoms with Crippen LogP contribution in [0.25, 0.3) is 0 Å². The van der Waals surface area contributed by atoms with E-state index in [9.17, 15) is 4.79 Å². The maximum absolute atomic E-state index is 11.7. The van der Waals surface area contributed by atoms with Crippen LogP contribution in [-0.4, -0.2) is 26.2 Å². The molecule has 1 saturated carbocycles. The largest absolute Gasteiger partial charge is 0.469 e. The molecule has 1 aliphatic carbocycles. The fourth-order valence-corrected chi connectivity index (χ4v) is 3.14. The summed E-state index contributed by atoms with van der Waals surface area (Å²) in [6.45, 7) is 4.11. The fraction of sp³-hybridized carbons (Fsp3) is 0.917. The fourth-order valence-electron chi connectivity index (χ4n) is 3.14. The molecule has 1 saturated heterocycles. The summed E-state index contributed by atoms with van der Waals surface area (Å²) >= 11 is 0. The molecule has 2 fully saturated rings. The van der Waals surface area contributed by atoms with E-state index >= 15 is 0 Å². The first-order valence-corrected chi connectivity index (χ1v) is 5.96. The molecule has 2 aliphatic rings. The van der Waals surface area contributed by atoms with Crippen molar-refractivity contribution in [1.82, 2.24) is 5.32 Å². The second kappa shape index (κ2) is 4.12. The van der Waals surface area contributed by atoms with E-state index in [0.717, 1.165) is 19.0 Å². The van der Waals surface area contributed by atoms with Gasteiger partial charge in [-0.1, -0.05) is 19.8 Å². The average molecular weight is 211 g/mol. The highest BCUT2D eigenvalue weighted by Crippen LogP contribution is 2.46. The van der Waals surface area contributed by atoms with E-state index in [0.29, 0.717) is 0 Å². The Hall–Kier alpha value is -0.570. The quantitative estimate of drug-likeness (QED) is 0.669. The maximum Gasteiger partial charge on any atom is 0.310 e. The van der Waals surface area contributed by atoms with Crippen molar-refractivity contribution in [3.05, 3.63) is 0 Å². The van der Waals surface area contributed by atoms with Crippen LogP contribution in [0.4, 0.5) is 0 Å². The van der Waals surface area contributed by atoms with Crippen molar-refractivity contribution in [1.29, 1.82) is 0 Å². The van der Waals surface area contributed by atoms with Gasteiger partial charge < -0.3 is 10.1 Å². The number of methoxy groups -OCH3 is 1. The van der Waals surface area contributed by atoms with Crippen LogP contribution in [0.5, 0.6) is 0 Å². The number of esters is 1. The lowest BCUT2D eigenvalue weighted by molar-refractivity contribution is -0.149. The Morgan fingerprint density at radius 1 is 1.40 bits per heavy atom. The Morgan fingerprint density at radius 2 is 2.07 bits per heavy atom. The van der Waals surface area contributed by atoms with Gasteiger partial charge in [0.05, 0.1) is 13.0 Å². The summed E-state index contributed by atoms with van der Waals surface area (Å²) in [5.41, 5.74) is 0.208. The van der Waals surface area contributed by atoms with Gasteiger partial charge in [-0.25, -0.2) is 0 Å². The molecule has 86 valence electrons. The van der Waals surface area contributed by atoms with Crippen molar-refractivity contribution in [2.24, 2.45) is 17.3 Å². The Balaban J connectivity index is 2.09. The first-order chi connectivity index (χ1) is 7.18. The smallest absolute Gasteiger partial charge is 0.310 e. The van der Waals surface area contributed by atoms with Gasteiger partial charge in [0.25, 0.3) is 0 Å². The normalized spacial score (nSPS) is 40.7. The first-order valence-electron chi connectivity index (χ1n) is 5.96. The number of rotatable bonds is 1. The van der Waals surface area contributed by atoms with E-state index in [1.54, 1.807) is 0 Å². The van der Waals surface area contributed by atoms with E-state index in [-0.39, 0.29) is 17.3 Å². The molecule has 1 N–H and O–H groups in total. The predicted molar refractivity (Wildman–Crippen MR) is 58.4 cm³/mol. The second-order valence-corrected chi connectivity index (χ2v) is 5.25. The van der Waals surface area contributed by atoms with E-state index in [1.807, 2.05) is 0 Å². The molecule has 15 heavy (non-hydrogen) atoms. The van der Waals surface area contributed by atoms with Gasteiger partial charge >= 0.3 is 5.97 Å². The predicted octanol–water partition coefficient (Wildman–Crippen LogP) is 1.58. The Bertz CT molecular complexity index is 244. The number of nitrogens with one attached hydrogen (secondary N) is 1. The summed E-state index contributed by atoms with van der Waals surface area (Å²) in [4.78, 5) is 11.7. The summed E-state index contributed by atoms with van der Waals surface area (Å²) in [5, 5.41) is 3.36. The minimum absolute atomic E-state index is 0.0189. The van der Waals surface area contributed by atoms with E-state index in [1.165, 1.54) is 32.8 Å². The average Bonchev–Trinajstić information content (AvgIpc) is 2.66. The summed E-state index contributed by atoms with van der Waals surface area (Å²) < 4.78 is 4.91. The number of ether oxygens (including phenoxy) is 1. The van der Waals surface area contributed by atoms with Crippen LogP contribution >= 0.6 is 0 Å². The van der Waals surface area contributed by atoms with Crippen LogP contribution in [0.3, 0.4) is 0 Å². The summed E-state index contributed by atoms with van der Waals surface area (Å²) in [6.07, 6.45) is 4.88. The third-order valence-corrected chi connectivity index (χ3v) is 4.32. The molecule has 1 spiro atoms. The van der Waals surface area contributed by atoms with E-state index in [2.05, 4.69) is 12.2 Å². The molecule has 1 aliphatic heterocycles. The minimum Gasteiger partial charge on any atom is -0.469 e. The molecular formula is C12H21NO2. The van der Waals surface area contributed by atoms with Gasteiger partial charge in [0.15, 0.2) is 0 Å². The van der Waals surface area contributed by atoms with E-state index < -0.39 is 0 Å². The molecule has 2 rings (SSSR count). The summed E-state index contributed by atoms with van der Waals surface area (Å²) in [6, 6.07) is 0. The molecule has 0 bridgehead atoms. The van der Waals surface area contributed by atoms with Gasteiger partial charge in [-0.2, -0.15) is 0 Å². The van der Waals surface area contributed by atoms with Crippen LogP contribution in [0.2, 0.25) is 0 Å². The lowest BCUT2D eigenvalue weighted by Gasteiger charge is -2.39. The second-order valence-electron chi connectivity index (χ2n) is 5.25. The molecular weight excluding hydrogens is 190 g/mol. The molecule has 1 heterocycles. The molecule has 0 aromatic rings. The van der Waals surface area contributed by atoms with Crippen molar-refractivity contribution in [2.45, 2.75) is 32.6 Å². The van der Waals surface area contributed by atoms with Crippen molar-refractivity contribution in [2.75, 3.05) is 20.2 Å². The van der Waals surface area contributed by atoms with Gasteiger partial charge in [0, 0.05) is 13.1 Å².